The molecule has 0 radical (unpaired) electrons. The van der Waals surface area contributed by atoms with Crippen molar-refractivity contribution in [3.05, 3.63) is 60.1 Å². The minimum Gasteiger partial charge on any atom is -0.339 e. The van der Waals surface area contributed by atoms with Crippen LogP contribution in [-0.4, -0.2) is 42.1 Å². The van der Waals surface area contributed by atoms with Gasteiger partial charge in [0.15, 0.2) is 5.69 Å². The number of nitrogens with two attached hydrogens (primary N) is 1. The van der Waals surface area contributed by atoms with Crippen LogP contribution >= 0.6 is 11.6 Å². The summed E-state index contributed by atoms with van der Waals surface area (Å²) in [5, 5.41) is 3.88. The monoisotopic (exact) mass is 369 g/mol. The van der Waals surface area contributed by atoms with Gasteiger partial charge in [-0.1, -0.05) is 17.7 Å². The van der Waals surface area contributed by atoms with Gasteiger partial charge in [-0.3, -0.25) is 14.5 Å². The highest BCUT2D eigenvalue weighted by Gasteiger charge is 2.19. The standard InChI is InChI=1S/C19H22ClN6/c1-26(2,7-6-21)17-8-14(10-22-11-17)18-12-23-13-19(25-18)24-16-5-3-4-15(20)9-16/h3-5,8-13H,6-7,21H2,1-2H3,(H,24,25)/q+1. The van der Waals surface area contributed by atoms with Crippen LogP contribution in [-0.2, 0) is 0 Å². The minimum atomic E-state index is 0.607. The fraction of sp³-hybridized carbons (Fsp3) is 0.211. The summed E-state index contributed by atoms with van der Waals surface area (Å²) in [4.78, 5) is 13.3. The smallest absolute Gasteiger partial charge is 0.151 e. The highest BCUT2D eigenvalue weighted by Crippen LogP contribution is 2.25. The Labute approximate surface area is 158 Å². The predicted molar refractivity (Wildman–Crippen MR) is 108 cm³/mol. The van der Waals surface area contributed by atoms with Gasteiger partial charge in [0.1, 0.15) is 5.82 Å². The normalized spacial score (nSPS) is 11.4. The van der Waals surface area contributed by atoms with Crippen LogP contribution < -0.4 is 15.5 Å². The van der Waals surface area contributed by atoms with Gasteiger partial charge in [0.25, 0.3) is 0 Å². The number of quaternary nitrogens is 1. The number of hydrogen-bond acceptors (Lipinski definition) is 5. The summed E-state index contributed by atoms with van der Waals surface area (Å²) in [6, 6.07) is 9.55. The summed E-state index contributed by atoms with van der Waals surface area (Å²) < 4.78 is 0.658. The van der Waals surface area contributed by atoms with Crippen molar-refractivity contribution in [3.63, 3.8) is 0 Å². The number of pyridine rings is 1. The van der Waals surface area contributed by atoms with Crippen LogP contribution in [0.25, 0.3) is 11.3 Å². The van der Waals surface area contributed by atoms with E-state index in [9.17, 15) is 0 Å². The molecule has 134 valence electrons. The summed E-state index contributed by atoms with van der Waals surface area (Å²) in [5.74, 6) is 0.644. The molecule has 2 heterocycles. The van der Waals surface area contributed by atoms with Crippen LogP contribution in [0.4, 0.5) is 17.2 Å². The summed E-state index contributed by atoms with van der Waals surface area (Å²) in [6.07, 6.45) is 7.06. The molecule has 3 aromatic rings. The van der Waals surface area contributed by atoms with Crippen molar-refractivity contribution < 1.29 is 0 Å². The number of halogens is 1. The van der Waals surface area contributed by atoms with Gasteiger partial charge in [-0.25, -0.2) is 4.98 Å². The molecule has 1 aromatic carbocycles. The number of likely N-dealkylation sites (N-methyl/N-ethyl adjacent to an activating group) is 1. The molecule has 0 saturated carbocycles. The molecule has 0 aliphatic carbocycles. The summed E-state index contributed by atoms with van der Waals surface area (Å²) in [7, 11) is 4.22. The summed E-state index contributed by atoms with van der Waals surface area (Å²) in [6.45, 7) is 1.43. The Bertz CT molecular complexity index is 896. The number of rotatable bonds is 6. The molecule has 26 heavy (non-hydrogen) atoms. The third-order valence-corrected chi connectivity index (χ3v) is 4.37. The van der Waals surface area contributed by atoms with Gasteiger partial charge in [-0.05, 0) is 18.2 Å². The highest BCUT2D eigenvalue weighted by molar-refractivity contribution is 6.30. The molecular formula is C19H22ClN6+. The van der Waals surface area contributed by atoms with E-state index in [2.05, 4.69) is 40.4 Å². The molecular weight excluding hydrogens is 348 g/mol. The van der Waals surface area contributed by atoms with E-state index in [1.807, 2.05) is 30.5 Å². The van der Waals surface area contributed by atoms with Crippen LogP contribution in [0.2, 0.25) is 5.02 Å². The van der Waals surface area contributed by atoms with Gasteiger partial charge in [0.2, 0.25) is 0 Å². The number of hydrogen-bond donors (Lipinski definition) is 2. The van der Waals surface area contributed by atoms with Crippen LogP contribution in [0.5, 0.6) is 0 Å². The van der Waals surface area contributed by atoms with Crippen LogP contribution in [0.15, 0.2) is 55.1 Å². The third kappa shape index (κ3) is 4.35. The fourth-order valence-electron chi connectivity index (χ4n) is 2.63. The van der Waals surface area contributed by atoms with Gasteiger partial charge in [-0.2, -0.15) is 0 Å². The molecule has 3 N–H and O–H groups in total. The Kier molecular flexibility index (Phi) is 5.46. The molecule has 0 spiro atoms. The largest absolute Gasteiger partial charge is 0.339 e. The molecule has 3 rings (SSSR count). The molecule has 0 fully saturated rings. The maximum atomic E-state index is 6.03. The van der Waals surface area contributed by atoms with Crippen LogP contribution in [0.3, 0.4) is 0 Å². The third-order valence-electron chi connectivity index (χ3n) is 4.14. The first kappa shape index (κ1) is 18.3. The summed E-state index contributed by atoms with van der Waals surface area (Å²) in [5.41, 5.74) is 9.32. The van der Waals surface area contributed by atoms with E-state index in [-0.39, 0.29) is 0 Å². The number of benzene rings is 1. The fourth-order valence-corrected chi connectivity index (χ4v) is 2.82. The highest BCUT2D eigenvalue weighted by atomic mass is 35.5. The molecule has 0 aliphatic rings. The molecule has 2 aromatic heterocycles. The molecule has 0 saturated heterocycles. The topological polar surface area (TPSA) is 76.7 Å². The zero-order valence-corrected chi connectivity index (χ0v) is 15.6. The number of nitrogens with zero attached hydrogens (tertiary/aromatic N) is 4. The van der Waals surface area contributed by atoms with Crippen molar-refractivity contribution in [1.82, 2.24) is 19.4 Å². The minimum absolute atomic E-state index is 0.607. The van der Waals surface area contributed by atoms with Gasteiger partial charge < -0.3 is 11.1 Å². The molecule has 6 nitrogen and oxygen atoms in total. The van der Waals surface area contributed by atoms with E-state index in [4.69, 9.17) is 17.3 Å². The van der Waals surface area contributed by atoms with Crippen molar-refractivity contribution in [2.45, 2.75) is 0 Å². The number of nitrogens with one attached hydrogen (secondary N) is 1. The van der Waals surface area contributed by atoms with Crippen molar-refractivity contribution in [2.24, 2.45) is 5.73 Å². The van der Waals surface area contributed by atoms with E-state index < -0.39 is 0 Å². The summed E-state index contributed by atoms with van der Waals surface area (Å²) >= 11 is 6.03. The maximum Gasteiger partial charge on any atom is 0.151 e. The second-order valence-electron chi connectivity index (χ2n) is 6.55. The Balaban J connectivity index is 1.88. The first-order valence-corrected chi connectivity index (χ1v) is 8.69. The van der Waals surface area contributed by atoms with Gasteiger partial charge in [0, 0.05) is 35.1 Å². The van der Waals surface area contributed by atoms with Crippen LogP contribution in [0.1, 0.15) is 0 Å². The van der Waals surface area contributed by atoms with Crippen molar-refractivity contribution in [1.29, 1.82) is 0 Å². The zero-order valence-electron chi connectivity index (χ0n) is 14.9. The van der Waals surface area contributed by atoms with Gasteiger partial charge >= 0.3 is 0 Å². The van der Waals surface area contributed by atoms with E-state index >= 15 is 0 Å². The number of aromatic nitrogens is 3. The SMILES string of the molecule is C[N+](C)(CCN)c1cncc(-c2cncc(Nc3cccc(Cl)c3)n2)c1. The molecule has 0 atom stereocenters. The lowest BCUT2D eigenvalue weighted by molar-refractivity contribution is 0.407. The van der Waals surface area contributed by atoms with Crippen molar-refractivity contribution >= 4 is 28.8 Å². The lowest BCUT2D eigenvalue weighted by Crippen LogP contribution is -2.44. The van der Waals surface area contributed by atoms with Crippen molar-refractivity contribution in [2.75, 3.05) is 32.5 Å². The molecule has 0 unspecified atom stereocenters. The van der Waals surface area contributed by atoms with Gasteiger partial charge in [0.05, 0.1) is 44.9 Å². The molecule has 0 amide bonds. The quantitative estimate of drug-likeness (QED) is 0.651. The number of anilines is 2. The first-order chi connectivity index (χ1) is 12.5. The predicted octanol–water partition coefficient (Wildman–Crippen LogP) is 3.46. The second-order valence-corrected chi connectivity index (χ2v) is 6.99. The average molecular weight is 370 g/mol. The van der Waals surface area contributed by atoms with Gasteiger partial charge in [-0.15, -0.1) is 0 Å². The molecule has 7 heteroatoms. The Morgan fingerprint density at radius 3 is 2.65 bits per heavy atom. The maximum absolute atomic E-state index is 6.03. The Morgan fingerprint density at radius 1 is 1.08 bits per heavy atom. The first-order valence-electron chi connectivity index (χ1n) is 8.31. The van der Waals surface area contributed by atoms with E-state index in [0.717, 1.165) is 29.2 Å². The zero-order chi connectivity index (χ0) is 18.6. The van der Waals surface area contributed by atoms with E-state index in [1.165, 1.54) is 0 Å². The Morgan fingerprint density at radius 2 is 1.88 bits per heavy atom. The Hall–Kier alpha value is -2.54. The van der Waals surface area contributed by atoms with E-state index in [1.54, 1.807) is 18.6 Å². The second kappa shape index (κ2) is 7.78. The lowest BCUT2D eigenvalue weighted by atomic mass is 10.2. The van der Waals surface area contributed by atoms with E-state index in [0.29, 0.717) is 21.9 Å². The average Bonchev–Trinajstić information content (AvgIpc) is 2.62. The molecule has 0 bridgehead atoms. The lowest BCUT2D eigenvalue weighted by Gasteiger charge is -2.28. The molecule has 0 aliphatic heterocycles. The van der Waals surface area contributed by atoms with Crippen LogP contribution in [0, 0.1) is 0 Å². The van der Waals surface area contributed by atoms with Crippen molar-refractivity contribution in [3.8, 4) is 11.3 Å².